The number of aliphatic carboxylic acids is 1. The Balaban J connectivity index is -0.000000217. The fraction of sp³-hybridized carbons (Fsp3) is 0.649. The number of carbonyl (C=O) groups is 2. The van der Waals surface area contributed by atoms with Crippen molar-refractivity contribution in [3.8, 4) is 11.1 Å². The Morgan fingerprint density at radius 1 is 0.406 bits per heavy atom. The summed E-state index contributed by atoms with van der Waals surface area (Å²) < 4.78 is 39.9. The largest absolute Gasteiger partial charge is 0.508 e. The number of sulfonamides is 1. The third-order valence-electron chi connectivity index (χ3n) is 16.5. The lowest BCUT2D eigenvalue weighted by Crippen LogP contribution is -2.34. The summed E-state index contributed by atoms with van der Waals surface area (Å²) in [6.07, 6.45) is 32.4. The maximum atomic E-state index is 12.2. The van der Waals surface area contributed by atoms with Crippen LogP contribution >= 0.6 is 389 Å². The molecule has 0 aliphatic carbocycles. The van der Waals surface area contributed by atoms with Crippen LogP contribution in [-0.2, 0) is 54.2 Å². The number of ether oxygens (including phenoxy) is 2. The van der Waals surface area contributed by atoms with E-state index in [-0.39, 0.29) is 73.3 Å². The fourth-order valence-electron chi connectivity index (χ4n) is 9.34. The number of benzene rings is 4. The van der Waals surface area contributed by atoms with Crippen molar-refractivity contribution in [2.45, 2.75) is 214 Å². The number of unbranched alkanes of at least 4 members (excludes halogenated alkanes) is 18. The molecule has 39 heteroatoms. The summed E-state index contributed by atoms with van der Waals surface area (Å²) in [5.74, 6) is 4.41. The Kier molecular flexibility index (Phi) is 146. The molecule has 0 aliphatic heterocycles. The molecule has 1 aromatic heterocycles. The summed E-state index contributed by atoms with van der Waals surface area (Å²) in [6, 6.07) is 37.1. The zero-order chi connectivity index (χ0) is 102. The van der Waals surface area contributed by atoms with Crippen LogP contribution in [0.1, 0.15) is 194 Å². The van der Waals surface area contributed by atoms with Crippen molar-refractivity contribution in [3.63, 3.8) is 0 Å². The molecule has 1 unspecified atom stereocenters. The number of anilines is 1. The van der Waals surface area contributed by atoms with Crippen LogP contribution in [0.2, 0.25) is 0 Å². The van der Waals surface area contributed by atoms with Crippen LogP contribution in [-0.4, -0.2) is 215 Å². The normalized spacial score (nSPS) is 10.4. The third-order valence-corrected chi connectivity index (χ3v) is 31.1. The maximum Gasteiger partial charge on any atom is 0.508 e. The molecule has 4 aromatic carbocycles. The molecule has 5 aromatic rings. The van der Waals surface area contributed by atoms with Crippen LogP contribution in [0.15, 0.2) is 132 Å². The number of aryl methyl sites for hydroxylation is 2. The lowest BCUT2D eigenvalue weighted by atomic mass is 10.0. The van der Waals surface area contributed by atoms with E-state index in [4.69, 9.17) is 155 Å². The van der Waals surface area contributed by atoms with Gasteiger partial charge >= 0.3 is 12.1 Å². The van der Waals surface area contributed by atoms with Gasteiger partial charge in [-0.25, -0.2) is 13.2 Å². The van der Waals surface area contributed by atoms with Crippen molar-refractivity contribution in [2.24, 2.45) is 0 Å². The zero-order valence-electron chi connectivity index (χ0n) is 76.7. The number of aliphatic hydroxyl groups is 2. The van der Waals surface area contributed by atoms with Crippen molar-refractivity contribution in [1.82, 2.24) is 9.29 Å². The molecule has 0 aliphatic rings. The zero-order valence-corrected chi connectivity index (χ0v) is 111. The molecule has 0 fully saturated rings. The third kappa shape index (κ3) is 113. The monoisotopic (exact) mass is 3210 g/mol. The molecule has 0 bridgehead atoms. The number of pyridine rings is 1. The number of carbonyl (C=O) groups excluding carboxylic acids is 1. The summed E-state index contributed by atoms with van der Waals surface area (Å²) in [5, 5.41) is 35.6. The number of aliphatic hydroxyl groups excluding tert-OH is 2. The standard InChI is InChI=1S/C14H19Cl2NO2.C14H12Cl2.C11H22Br2.C11H15Cl2NO2S.C10H20Br2.C7H7Cl2N.C5H8Cl2O3.C5H10I2.C4H8Br2O.C4H6Cl2.C4H8I2.C3H6Br2O.C2H4Br2/c15-8-10-17(11-9-16)13-6-4-12(5-7-13)2-1-3-14(18)19;15-9-11-1-5-13(6-2-11)14-7-3-12(10-16)4-8-14;12-10-8-6-4-2-1-3-5-7-9-11-13;1-10-2-4-11(5-3-10)17(15,16)14(8-6-12)9-7-13;11-9-7-5-3-1-2-4-6-8-10-12;8-4-6-2-1-3-7(5-9)10-6;6-1-3-9-5(8)10-4-2-7;6-4-2-1-3-5-7;5-2-1-4(7)3-6;1-4(2-5)3-6;5-3-1-2-4-6;4-1-3(6)2-5;3-1-2-4/h4-7H,1-3,8-11H2,(H,18,19);1-8H,9-10H2;1-11H2;2-5H,6-9H2,1H3;1-10H2;1-3H,4-5H2;1-4H2;1-5H2;4,7H,1-3H2;1-3H2;1-4H2;3,6H,1-2H2;1-2H2. The molecule has 0 spiro atoms. The van der Waals surface area contributed by atoms with E-state index in [9.17, 15) is 18.0 Å². The molecule has 12 nitrogen and oxygen atoms in total. The predicted molar refractivity (Wildman–Crippen MR) is 667 cm³/mol. The summed E-state index contributed by atoms with van der Waals surface area (Å²) >= 11 is 109. The van der Waals surface area contributed by atoms with Crippen molar-refractivity contribution in [3.05, 3.63) is 161 Å². The molecular weight excluding hydrogens is 3080 g/mol. The Morgan fingerprint density at radius 2 is 0.737 bits per heavy atom. The van der Waals surface area contributed by atoms with Gasteiger partial charge in [0, 0.05) is 139 Å². The van der Waals surface area contributed by atoms with Crippen LogP contribution in [0.3, 0.4) is 0 Å². The van der Waals surface area contributed by atoms with Gasteiger partial charge in [-0.3, -0.25) is 9.78 Å². The van der Waals surface area contributed by atoms with Crippen LogP contribution in [0.5, 0.6) is 0 Å². The summed E-state index contributed by atoms with van der Waals surface area (Å²) in [5.41, 5.74) is 10.6. The lowest BCUT2D eigenvalue weighted by molar-refractivity contribution is -0.137. The number of halogens is 26. The Morgan fingerprint density at radius 3 is 0.992 bits per heavy atom. The Bertz CT molecular complexity index is 3200. The van der Waals surface area contributed by atoms with E-state index in [0.29, 0.717) is 69.5 Å². The van der Waals surface area contributed by atoms with E-state index in [0.717, 1.165) is 86.8 Å². The first-order valence-electron chi connectivity index (χ1n) is 43.8. The van der Waals surface area contributed by atoms with E-state index < -0.39 is 22.1 Å². The second kappa shape index (κ2) is 126. The highest BCUT2D eigenvalue weighted by molar-refractivity contribution is 14.1. The minimum absolute atomic E-state index is 0.169. The number of allylic oxidation sites excluding steroid dienone is 1. The summed E-state index contributed by atoms with van der Waals surface area (Å²) in [6.45, 7) is 7.85. The van der Waals surface area contributed by atoms with Gasteiger partial charge in [0.05, 0.1) is 52.0 Å². The Labute approximate surface area is 1000 Å². The van der Waals surface area contributed by atoms with Crippen molar-refractivity contribution >= 4 is 417 Å². The van der Waals surface area contributed by atoms with Crippen LogP contribution in [0, 0.1) is 6.92 Å². The number of carboxylic acids is 1. The number of alkyl halides is 26. The second-order valence-electron chi connectivity index (χ2n) is 27.7. The highest BCUT2D eigenvalue weighted by atomic mass is 127. The van der Waals surface area contributed by atoms with Gasteiger partial charge in [-0.2, -0.15) is 4.31 Å². The average Bonchev–Trinajstić information content (AvgIpc) is 0.816. The predicted octanol–water partition coefficient (Wildman–Crippen LogP) is 37.2. The van der Waals surface area contributed by atoms with Crippen LogP contribution in [0.25, 0.3) is 11.1 Å². The molecule has 3 N–H and O–H groups in total. The number of hydrogen-bond donors (Lipinski definition) is 3. The quantitative estimate of drug-likeness (QED) is 0.0111. The molecule has 0 saturated carbocycles. The highest BCUT2D eigenvalue weighted by Crippen LogP contribution is 2.23. The minimum atomic E-state index is -3.48. The number of aromatic nitrogens is 1. The first-order chi connectivity index (χ1) is 64.2. The SMILES string of the molecule is BrCCBr.BrCCCCCCCCCCBr.BrCCCCCCCCCCCBr.C=C(CCl)CCl.Cc1ccc(S(=O)(=O)N(CCCl)CCCl)cc1.ClCc1ccc(-c2ccc(CCl)cc2)cc1.ClCc1cccc(CCl)n1.ICCCCCI.ICCCCI.O=C(O)CCCc1ccc(N(CCCl)CCCl)cc1.O=C(OCCCl)OCCCl.OC(CBr)CBr.OC(CBr)CCBr. The topological polar surface area (TPSA) is 167 Å². The van der Waals surface area contributed by atoms with E-state index in [1.54, 1.807) is 24.3 Å². The van der Waals surface area contributed by atoms with Gasteiger partial charge in [0.1, 0.15) is 13.2 Å². The lowest BCUT2D eigenvalue weighted by Gasteiger charge is -2.23. The van der Waals surface area contributed by atoms with Gasteiger partial charge in [0.15, 0.2) is 0 Å². The van der Waals surface area contributed by atoms with Gasteiger partial charge in [-0.15, -0.1) is 139 Å². The number of carboxylic acid groups (broad SMARTS) is 1. The van der Waals surface area contributed by atoms with Gasteiger partial charge in [-0.1, -0.05) is 431 Å². The highest BCUT2D eigenvalue weighted by Gasteiger charge is 2.23. The molecule has 1 atom stereocenters. The first kappa shape index (κ1) is 154. The number of rotatable bonds is 58. The van der Waals surface area contributed by atoms with Crippen molar-refractivity contribution in [1.29, 1.82) is 0 Å². The maximum absolute atomic E-state index is 12.2. The molecule has 0 amide bonds. The minimum Gasteiger partial charge on any atom is -0.481 e. The summed E-state index contributed by atoms with van der Waals surface area (Å²) in [4.78, 5) is 27.4. The Hall–Kier alpha value is 5.34. The van der Waals surface area contributed by atoms with Crippen molar-refractivity contribution in [2.75, 3.05) is 162 Å². The molecule has 1 heterocycles. The summed E-state index contributed by atoms with van der Waals surface area (Å²) in [7, 11) is -3.48. The molecular formula is C94H145Br10Cl12I4N3O9S. The van der Waals surface area contributed by atoms with Crippen molar-refractivity contribution < 1.29 is 42.8 Å². The van der Waals surface area contributed by atoms with Gasteiger partial charge in [0.25, 0.3) is 0 Å². The van der Waals surface area contributed by atoms with Crippen LogP contribution in [0.4, 0.5) is 10.5 Å². The number of hydrogen-bond acceptors (Lipinski definition) is 10. The molecule has 778 valence electrons. The molecule has 0 radical (unpaired) electrons. The molecule has 133 heavy (non-hydrogen) atoms. The smallest absolute Gasteiger partial charge is 0.481 e. The molecule has 0 saturated heterocycles. The van der Waals surface area contributed by atoms with Gasteiger partial charge in [0.2, 0.25) is 10.0 Å². The fourth-order valence-corrected chi connectivity index (χ4v) is 18.6. The first-order valence-corrected chi connectivity index (χ1v) is 69.0. The second-order valence-corrected chi connectivity index (χ2v) is 45.3. The average molecular weight is 3230 g/mol. The number of nitrogens with zero attached hydrogens (tertiary/aromatic N) is 3. The van der Waals surface area contributed by atoms with E-state index in [1.807, 2.05) is 49.4 Å². The van der Waals surface area contributed by atoms with Crippen LogP contribution < -0.4 is 4.90 Å². The van der Waals surface area contributed by atoms with E-state index in [2.05, 4.69) is 324 Å². The van der Waals surface area contributed by atoms with Gasteiger partial charge < -0.3 is 29.7 Å². The van der Waals surface area contributed by atoms with E-state index in [1.165, 1.54) is 196 Å². The van der Waals surface area contributed by atoms with Gasteiger partial charge in [-0.05, 0) is 165 Å². The molecule has 5 rings (SSSR count). The van der Waals surface area contributed by atoms with E-state index >= 15 is 0 Å².